The lowest BCUT2D eigenvalue weighted by atomic mass is 9.80. The van der Waals surface area contributed by atoms with Crippen molar-refractivity contribution in [1.82, 2.24) is 5.43 Å². The second kappa shape index (κ2) is 6.36. The van der Waals surface area contributed by atoms with E-state index in [1.807, 2.05) is 6.92 Å². The molecule has 0 saturated heterocycles. The Bertz CT molecular complexity index is 482. The largest absolute Gasteiger partial charge is 0.350 e. The minimum Gasteiger partial charge on any atom is -0.350 e. The van der Waals surface area contributed by atoms with E-state index in [4.69, 9.17) is 5.73 Å². The minimum absolute atomic E-state index is 0.609. The Morgan fingerprint density at radius 2 is 2.26 bits per heavy atom. The number of benzene rings is 1. The van der Waals surface area contributed by atoms with Crippen LogP contribution in [0.25, 0.3) is 0 Å². The molecule has 1 unspecified atom stereocenters. The molecule has 4 nitrogen and oxygen atoms in total. The molecular weight excluding hydrogens is 238 g/mol. The third-order valence-electron chi connectivity index (χ3n) is 3.71. The first-order valence-electron chi connectivity index (χ1n) is 6.83. The van der Waals surface area contributed by atoms with Crippen molar-refractivity contribution in [3.05, 3.63) is 35.4 Å². The van der Waals surface area contributed by atoms with E-state index in [1.54, 1.807) is 0 Å². The number of fused-ring (bicyclic) bond motifs is 1. The molecule has 0 aliphatic heterocycles. The molecule has 1 aliphatic carbocycles. The summed E-state index contributed by atoms with van der Waals surface area (Å²) in [7, 11) is 0. The number of amides is 2. The average molecular weight is 259 g/mol. The molecule has 0 radical (unpaired) electrons. The monoisotopic (exact) mass is 259 g/mol. The highest BCUT2D eigenvalue weighted by atomic mass is 16.2. The number of nitrogens with two attached hydrogens (primary N) is 1. The fourth-order valence-corrected chi connectivity index (χ4v) is 2.74. The third-order valence-corrected chi connectivity index (χ3v) is 3.71. The highest BCUT2D eigenvalue weighted by molar-refractivity contribution is 5.83. The number of hydrogen-bond donors (Lipinski definition) is 2. The molecule has 102 valence electrons. The zero-order valence-corrected chi connectivity index (χ0v) is 11.4. The van der Waals surface area contributed by atoms with Gasteiger partial charge in [0.2, 0.25) is 0 Å². The van der Waals surface area contributed by atoms with Crippen molar-refractivity contribution in [1.29, 1.82) is 0 Å². The lowest BCUT2D eigenvalue weighted by molar-refractivity contribution is 0.249. The van der Waals surface area contributed by atoms with Crippen LogP contribution in [-0.2, 0) is 6.42 Å². The summed E-state index contributed by atoms with van der Waals surface area (Å²) in [5.41, 5.74) is 11.2. The van der Waals surface area contributed by atoms with Gasteiger partial charge in [-0.15, -0.1) is 0 Å². The molecule has 3 N–H and O–H groups in total. The summed E-state index contributed by atoms with van der Waals surface area (Å²) in [5, 5.41) is 3.96. The lowest BCUT2D eigenvalue weighted by Crippen LogP contribution is -2.25. The summed E-state index contributed by atoms with van der Waals surface area (Å²) in [6.07, 6.45) is 5.67. The SMILES string of the molecule is CC(CCC1CCCc2ccccc21)=NNC(N)=O. The van der Waals surface area contributed by atoms with Gasteiger partial charge in [0.05, 0.1) is 0 Å². The summed E-state index contributed by atoms with van der Waals surface area (Å²) in [6, 6.07) is 8.10. The van der Waals surface area contributed by atoms with Crippen LogP contribution >= 0.6 is 0 Å². The number of nitrogens with zero attached hydrogens (tertiary/aromatic N) is 1. The highest BCUT2D eigenvalue weighted by Gasteiger charge is 2.19. The van der Waals surface area contributed by atoms with Gasteiger partial charge in [0.1, 0.15) is 0 Å². The minimum atomic E-state index is -0.609. The maximum Gasteiger partial charge on any atom is 0.332 e. The predicted molar refractivity (Wildman–Crippen MR) is 77.2 cm³/mol. The molecule has 0 fully saturated rings. The summed E-state index contributed by atoms with van der Waals surface area (Å²) in [5.74, 6) is 0.615. The molecule has 1 aromatic rings. The summed E-state index contributed by atoms with van der Waals surface area (Å²) >= 11 is 0. The molecule has 1 aliphatic rings. The lowest BCUT2D eigenvalue weighted by Gasteiger charge is -2.25. The van der Waals surface area contributed by atoms with Crippen LogP contribution in [0.15, 0.2) is 29.4 Å². The van der Waals surface area contributed by atoms with E-state index < -0.39 is 6.03 Å². The Labute approximate surface area is 114 Å². The Kier molecular flexibility index (Phi) is 4.55. The number of hydrogen-bond acceptors (Lipinski definition) is 2. The maximum absolute atomic E-state index is 10.6. The second-order valence-corrected chi connectivity index (χ2v) is 5.15. The number of carbonyl (C=O) groups excluding carboxylic acids is 1. The van der Waals surface area contributed by atoms with Crippen LogP contribution in [-0.4, -0.2) is 11.7 Å². The summed E-state index contributed by atoms with van der Waals surface area (Å²) in [4.78, 5) is 10.6. The topological polar surface area (TPSA) is 67.5 Å². The average Bonchev–Trinajstić information content (AvgIpc) is 2.42. The van der Waals surface area contributed by atoms with E-state index in [9.17, 15) is 4.79 Å². The molecule has 0 saturated carbocycles. The fraction of sp³-hybridized carbons (Fsp3) is 0.467. The number of hydrazone groups is 1. The number of rotatable bonds is 4. The first-order valence-corrected chi connectivity index (χ1v) is 6.83. The summed E-state index contributed by atoms with van der Waals surface area (Å²) in [6.45, 7) is 1.92. The van der Waals surface area contributed by atoms with Crippen LogP contribution in [0, 0.1) is 0 Å². The van der Waals surface area contributed by atoms with Gasteiger partial charge in [0.15, 0.2) is 0 Å². The molecule has 4 heteroatoms. The van der Waals surface area contributed by atoms with Crippen LogP contribution in [0.2, 0.25) is 0 Å². The third kappa shape index (κ3) is 3.81. The van der Waals surface area contributed by atoms with Crippen molar-refractivity contribution in [2.45, 2.75) is 44.9 Å². The normalized spacial score (nSPS) is 18.8. The standard InChI is InChI=1S/C15H21N3O/c1-11(17-18-15(16)19)9-10-13-7-4-6-12-5-2-3-8-14(12)13/h2-3,5,8,13H,4,6-7,9-10H2,1H3,(H3,16,18,19). The van der Waals surface area contributed by atoms with Gasteiger partial charge in [-0.25, -0.2) is 10.2 Å². The van der Waals surface area contributed by atoms with Gasteiger partial charge in [-0.05, 0) is 56.1 Å². The zero-order chi connectivity index (χ0) is 13.7. The Morgan fingerprint density at radius 1 is 1.47 bits per heavy atom. The van der Waals surface area contributed by atoms with Crippen molar-refractivity contribution in [2.24, 2.45) is 10.8 Å². The van der Waals surface area contributed by atoms with Gasteiger partial charge in [0.25, 0.3) is 0 Å². The van der Waals surface area contributed by atoms with Crippen LogP contribution in [0.1, 0.15) is 49.7 Å². The van der Waals surface area contributed by atoms with Gasteiger partial charge < -0.3 is 5.73 Å². The summed E-state index contributed by atoms with van der Waals surface area (Å²) < 4.78 is 0. The van der Waals surface area contributed by atoms with Crippen LogP contribution in [0.4, 0.5) is 4.79 Å². The van der Waals surface area contributed by atoms with Gasteiger partial charge >= 0.3 is 6.03 Å². The fourth-order valence-electron chi connectivity index (χ4n) is 2.74. The number of aryl methyl sites for hydroxylation is 1. The van der Waals surface area contributed by atoms with Crippen molar-refractivity contribution in [3.8, 4) is 0 Å². The number of carbonyl (C=O) groups is 1. The highest BCUT2D eigenvalue weighted by Crippen LogP contribution is 2.34. The Hall–Kier alpha value is -1.84. The molecule has 1 aromatic carbocycles. The maximum atomic E-state index is 10.6. The van der Waals surface area contributed by atoms with Crippen molar-refractivity contribution >= 4 is 11.7 Å². The van der Waals surface area contributed by atoms with Crippen LogP contribution in [0.5, 0.6) is 0 Å². The molecule has 0 bridgehead atoms. The van der Waals surface area contributed by atoms with E-state index in [2.05, 4.69) is 34.8 Å². The molecule has 0 aromatic heterocycles. The molecule has 0 heterocycles. The van der Waals surface area contributed by atoms with Gasteiger partial charge in [0, 0.05) is 5.71 Å². The Balaban J connectivity index is 1.94. The zero-order valence-electron chi connectivity index (χ0n) is 11.4. The number of urea groups is 1. The van der Waals surface area contributed by atoms with E-state index in [0.29, 0.717) is 5.92 Å². The quantitative estimate of drug-likeness (QED) is 0.633. The van der Waals surface area contributed by atoms with E-state index >= 15 is 0 Å². The van der Waals surface area contributed by atoms with Crippen LogP contribution < -0.4 is 11.2 Å². The Morgan fingerprint density at radius 3 is 3.05 bits per heavy atom. The predicted octanol–water partition coefficient (Wildman–Crippen LogP) is 2.93. The number of nitrogens with one attached hydrogen (secondary N) is 1. The van der Waals surface area contributed by atoms with E-state index in [0.717, 1.165) is 18.6 Å². The van der Waals surface area contributed by atoms with E-state index in [1.165, 1.54) is 30.4 Å². The first kappa shape index (κ1) is 13.6. The van der Waals surface area contributed by atoms with E-state index in [-0.39, 0.29) is 0 Å². The molecule has 2 amide bonds. The molecule has 19 heavy (non-hydrogen) atoms. The van der Waals surface area contributed by atoms with Crippen LogP contribution in [0.3, 0.4) is 0 Å². The molecule has 1 atom stereocenters. The molecule has 0 spiro atoms. The van der Waals surface area contributed by atoms with Crippen molar-refractivity contribution in [2.75, 3.05) is 0 Å². The smallest absolute Gasteiger partial charge is 0.332 e. The molecular formula is C15H21N3O. The first-order chi connectivity index (χ1) is 9.16. The van der Waals surface area contributed by atoms with Crippen molar-refractivity contribution < 1.29 is 4.79 Å². The second-order valence-electron chi connectivity index (χ2n) is 5.15. The van der Waals surface area contributed by atoms with Gasteiger partial charge in [-0.1, -0.05) is 24.3 Å². The van der Waals surface area contributed by atoms with Gasteiger partial charge in [-0.2, -0.15) is 5.10 Å². The van der Waals surface area contributed by atoms with Crippen molar-refractivity contribution in [3.63, 3.8) is 0 Å². The number of primary amides is 1. The molecule has 2 rings (SSSR count). The van der Waals surface area contributed by atoms with Gasteiger partial charge in [-0.3, -0.25) is 0 Å².